The largest absolute Gasteiger partial charge is 0.464 e. The van der Waals surface area contributed by atoms with Gasteiger partial charge in [0.25, 0.3) is 0 Å². The Morgan fingerprint density at radius 3 is 2.71 bits per heavy atom. The molecule has 0 N–H and O–H groups in total. The van der Waals surface area contributed by atoms with Crippen LogP contribution in [0.5, 0.6) is 0 Å². The predicted molar refractivity (Wildman–Crippen MR) is 56.8 cm³/mol. The Bertz CT molecular complexity index is 461. The lowest BCUT2D eigenvalue weighted by Crippen LogP contribution is -2.04. The third-order valence-corrected chi connectivity index (χ3v) is 2.29. The molecule has 0 saturated heterocycles. The third-order valence-electron chi connectivity index (χ3n) is 2.29. The average Bonchev–Trinajstić information content (AvgIpc) is 2.27. The summed E-state index contributed by atoms with van der Waals surface area (Å²) in [4.78, 5) is 11.5. The molecule has 0 aromatic carbocycles. The Kier molecular flexibility index (Phi) is 1.92. The van der Waals surface area contributed by atoms with Crippen molar-refractivity contribution in [2.24, 2.45) is 5.41 Å². The molecule has 1 heterocycles. The molecule has 1 aliphatic rings. The molecule has 14 heavy (non-hydrogen) atoms. The van der Waals surface area contributed by atoms with E-state index in [0.717, 1.165) is 0 Å². The molecule has 72 valence electrons. The van der Waals surface area contributed by atoms with Crippen molar-refractivity contribution in [1.82, 2.24) is 0 Å². The number of fused-ring (bicyclic) bond motifs is 1. The van der Waals surface area contributed by atoms with E-state index in [-0.39, 0.29) is 10.8 Å². The fraction of sp³-hybridized carbons (Fsp3) is 0.250. The highest BCUT2D eigenvalue weighted by molar-refractivity contribution is 5.64. The van der Waals surface area contributed by atoms with Crippen LogP contribution < -0.4 is 5.43 Å². The van der Waals surface area contributed by atoms with Crippen molar-refractivity contribution in [1.29, 1.82) is 0 Å². The zero-order chi connectivity index (χ0) is 10.2. The van der Waals surface area contributed by atoms with Gasteiger partial charge < -0.3 is 4.42 Å². The molecule has 0 amide bonds. The Balaban J connectivity index is 2.66. The highest BCUT2D eigenvalue weighted by Gasteiger charge is 2.14. The standard InChI is InChI=1S/C12H12O2/c1-12(2)6-3-9-10(13)5-8-14-11(9)4-7-12/h3-8H,1-2H3. The quantitative estimate of drug-likeness (QED) is 0.626. The number of allylic oxidation sites excluding steroid dienone is 2. The van der Waals surface area contributed by atoms with Crippen LogP contribution in [0.25, 0.3) is 12.2 Å². The predicted octanol–water partition coefficient (Wildman–Crippen LogP) is 2.71. The Hall–Kier alpha value is -1.57. The highest BCUT2D eigenvalue weighted by Crippen LogP contribution is 2.25. The van der Waals surface area contributed by atoms with Crippen molar-refractivity contribution < 1.29 is 4.42 Å². The van der Waals surface area contributed by atoms with E-state index in [1.165, 1.54) is 12.3 Å². The van der Waals surface area contributed by atoms with Gasteiger partial charge in [-0.2, -0.15) is 0 Å². The summed E-state index contributed by atoms with van der Waals surface area (Å²) in [6.07, 6.45) is 9.15. The fourth-order valence-corrected chi connectivity index (χ4v) is 1.38. The van der Waals surface area contributed by atoms with Crippen LogP contribution in [0.1, 0.15) is 25.2 Å². The maximum absolute atomic E-state index is 11.5. The summed E-state index contributed by atoms with van der Waals surface area (Å²) in [6, 6.07) is 1.44. The molecule has 0 spiro atoms. The van der Waals surface area contributed by atoms with Gasteiger partial charge in [-0.1, -0.05) is 32.1 Å². The zero-order valence-electron chi connectivity index (χ0n) is 8.28. The van der Waals surface area contributed by atoms with Crippen molar-refractivity contribution in [3.8, 4) is 0 Å². The molecule has 2 nitrogen and oxygen atoms in total. The molecule has 0 unspecified atom stereocenters. The van der Waals surface area contributed by atoms with Crippen LogP contribution >= 0.6 is 0 Å². The van der Waals surface area contributed by atoms with Crippen molar-refractivity contribution in [3.05, 3.63) is 46.0 Å². The first-order chi connectivity index (χ1) is 6.58. The van der Waals surface area contributed by atoms with Gasteiger partial charge in [-0.25, -0.2) is 0 Å². The molecular weight excluding hydrogens is 176 g/mol. The lowest BCUT2D eigenvalue weighted by molar-refractivity contribution is 0.535. The van der Waals surface area contributed by atoms with Crippen molar-refractivity contribution in [2.45, 2.75) is 13.8 Å². The lowest BCUT2D eigenvalue weighted by atomic mass is 9.93. The van der Waals surface area contributed by atoms with E-state index in [1.54, 1.807) is 0 Å². The first kappa shape index (κ1) is 9.00. The van der Waals surface area contributed by atoms with E-state index < -0.39 is 0 Å². The lowest BCUT2D eigenvalue weighted by Gasteiger charge is -2.11. The van der Waals surface area contributed by atoms with E-state index in [4.69, 9.17) is 4.42 Å². The van der Waals surface area contributed by atoms with E-state index in [9.17, 15) is 4.79 Å². The molecular formula is C12H12O2. The summed E-state index contributed by atoms with van der Waals surface area (Å²) >= 11 is 0. The fourth-order valence-electron chi connectivity index (χ4n) is 1.38. The van der Waals surface area contributed by atoms with E-state index in [2.05, 4.69) is 13.8 Å². The Morgan fingerprint density at radius 2 is 1.93 bits per heavy atom. The summed E-state index contributed by atoms with van der Waals surface area (Å²) in [5, 5.41) is 0. The summed E-state index contributed by atoms with van der Waals surface area (Å²) in [6.45, 7) is 4.16. The van der Waals surface area contributed by atoms with E-state index >= 15 is 0 Å². The number of hydrogen-bond acceptors (Lipinski definition) is 2. The monoisotopic (exact) mass is 188 g/mol. The topological polar surface area (TPSA) is 30.2 Å². The van der Waals surface area contributed by atoms with Crippen LogP contribution in [-0.2, 0) is 0 Å². The van der Waals surface area contributed by atoms with Gasteiger partial charge >= 0.3 is 0 Å². The van der Waals surface area contributed by atoms with Crippen molar-refractivity contribution in [3.63, 3.8) is 0 Å². The van der Waals surface area contributed by atoms with Gasteiger partial charge in [0.15, 0.2) is 5.43 Å². The molecule has 0 aliphatic heterocycles. The van der Waals surface area contributed by atoms with Crippen LogP contribution in [0, 0.1) is 5.41 Å². The minimum atomic E-state index is -0.0268. The second kappa shape index (κ2) is 2.98. The maximum Gasteiger partial charge on any atom is 0.192 e. The van der Waals surface area contributed by atoms with E-state index in [1.807, 2.05) is 24.3 Å². The van der Waals surface area contributed by atoms with Gasteiger partial charge in [0.2, 0.25) is 0 Å². The van der Waals surface area contributed by atoms with Gasteiger partial charge in [0, 0.05) is 11.5 Å². The van der Waals surface area contributed by atoms with Gasteiger partial charge in [-0.3, -0.25) is 4.79 Å². The molecule has 1 aromatic rings. The summed E-state index contributed by atoms with van der Waals surface area (Å²) < 4.78 is 5.27. The minimum absolute atomic E-state index is 0.00449. The summed E-state index contributed by atoms with van der Waals surface area (Å²) in [5.74, 6) is 0.638. The Morgan fingerprint density at radius 1 is 1.21 bits per heavy atom. The normalized spacial score (nSPS) is 17.6. The average molecular weight is 188 g/mol. The van der Waals surface area contributed by atoms with Gasteiger partial charge in [-0.05, 0) is 6.08 Å². The molecule has 1 aromatic heterocycles. The molecule has 0 fully saturated rings. The van der Waals surface area contributed by atoms with Crippen molar-refractivity contribution >= 4 is 12.2 Å². The summed E-state index contributed by atoms with van der Waals surface area (Å²) in [7, 11) is 0. The third kappa shape index (κ3) is 1.55. The molecule has 0 saturated carbocycles. The second-order valence-corrected chi connectivity index (χ2v) is 4.05. The zero-order valence-corrected chi connectivity index (χ0v) is 8.28. The molecule has 2 rings (SSSR count). The first-order valence-corrected chi connectivity index (χ1v) is 4.59. The smallest absolute Gasteiger partial charge is 0.192 e. The van der Waals surface area contributed by atoms with Crippen LogP contribution in [-0.4, -0.2) is 0 Å². The molecule has 0 bridgehead atoms. The molecule has 0 radical (unpaired) electrons. The van der Waals surface area contributed by atoms with Crippen molar-refractivity contribution in [2.75, 3.05) is 0 Å². The minimum Gasteiger partial charge on any atom is -0.464 e. The number of hydrogen-bond donors (Lipinski definition) is 0. The number of rotatable bonds is 0. The second-order valence-electron chi connectivity index (χ2n) is 4.05. The summed E-state index contributed by atoms with van der Waals surface area (Å²) in [5.41, 5.74) is 0.611. The maximum atomic E-state index is 11.5. The molecule has 2 heteroatoms. The van der Waals surface area contributed by atoms with Crippen LogP contribution in [0.15, 0.2) is 33.7 Å². The van der Waals surface area contributed by atoms with Crippen LogP contribution in [0.3, 0.4) is 0 Å². The van der Waals surface area contributed by atoms with Gasteiger partial charge in [0.1, 0.15) is 5.76 Å². The molecule has 1 aliphatic carbocycles. The highest BCUT2D eigenvalue weighted by atomic mass is 16.3. The van der Waals surface area contributed by atoms with Crippen LogP contribution in [0.2, 0.25) is 0 Å². The molecule has 0 atom stereocenters. The van der Waals surface area contributed by atoms with Crippen LogP contribution in [0.4, 0.5) is 0 Å². The van der Waals surface area contributed by atoms with E-state index in [0.29, 0.717) is 11.3 Å². The SMILES string of the molecule is CC1(C)C=Cc2occc(=O)c2C=C1. The first-order valence-electron chi connectivity index (χ1n) is 4.59. The van der Waals surface area contributed by atoms with Gasteiger partial charge in [-0.15, -0.1) is 0 Å². The Labute approximate surface area is 82.6 Å². The van der Waals surface area contributed by atoms with Gasteiger partial charge in [0.05, 0.1) is 11.8 Å².